The molecule has 2 unspecified atom stereocenters. The minimum Gasteiger partial charge on any atom is -0.377 e. The second-order valence-electron chi connectivity index (χ2n) is 5.44. The molecule has 1 heterocycles. The van der Waals surface area contributed by atoms with Crippen LogP contribution in [0.5, 0.6) is 0 Å². The number of aryl methyl sites for hydroxylation is 1. The first-order valence-electron chi connectivity index (χ1n) is 7.76. The molecule has 0 spiro atoms. The van der Waals surface area contributed by atoms with Crippen LogP contribution in [0.25, 0.3) is 0 Å². The molecule has 1 aromatic rings. The van der Waals surface area contributed by atoms with Gasteiger partial charge in [-0.25, -0.2) is 0 Å². The molecule has 2 rings (SSSR count). The second-order valence-corrected chi connectivity index (χ2v) is 5.44. The number of hydrogen-bond acceptors (Lipinski definition) is 2. The molecule has 1 aliphatic rings. The quantitative estimate of drug-likeness (QED) is 0.848. The Morgan fingerprint density at radius 1 is 1.16 bits per heavy atom. The van der Waals surface area contributed by atoms with E-state index in [0.717, 1.165) is 26.0 Å². The SMILES string of the molecule is CCNC(Cc1ccc(CC)cc1)C1CCCCO1. The number of rotatable bonds is 6. The van der Waals surface area contributed by atoms with Crippen LogP contribution in [0, 0.1) is 0 Å². The van der Waals surface area contributed by atoms with Crippen molar-refractivity contribution in [2.24, 2.45) is 0 Å². The van der Waals surface area contributed by atoms with Gasteiger partial charge in [0.1, 0.15) is 0 Å². The Bertz CT molecular complexity index is 354. The van der Waals surface area contributed by atoms with Gasteiger partial charge in [0.15, 0.2) is 0 Å². The van der Waals surface area contributed by atoms with E-state index in [9.17, 15) is 0 Å². The fourth-order valence-electron chi connectivity index (χ4n) is 2.85. The first kappa shape index (κ1) is 14.5. The summed E-state index contributed by atoms with van der Waals surface area (Å²) in [6.45, 7) is 6.32. The van der Waals surface area contributed by atoms with Crippen molar-refractivity contribution in [1.82, 2.24) is 5.32 Å². The normalized spacial score (nSPS) is 21.3. The monoisotopic (exact) mass is 261 g/mol. The number of ether oxygens (including phenoxy) is 1. The van der Waals surface area contributed by atoms with Crippen LogP contribution in [-0.4, -0.2) is 25.3 Å². The topological polar surface area (TPSA) is 21.3 Å². The van der Waals surface area contributed by atoms with Crippen LogP contribution in [0.4, 0.5) is 0 Å². The van der Waals surface area contributed by atoms with Crippen LogP contribution in [-0.2, 0) is 17.6 Å². The van der Waals surface area contributed by atoms with Crippen LogP contribution >= 0.6 is 0 Å². The number of nitrogens with one attached hydrogen (secondary N) is 1. The van der Waals surface area contributed by atoms with Gasteiger partial charge in [-0.2, -0.15) is 0 Å². The average Bonchev–Trinajstić information content (AvgIpc) is 2.48. The van der Waals surface area contributed by atoms with E-state index in [-0.39, 0.29) is 0 Å². The predicted octanol–water partition coefficient (Wildman–Crippen LogP) is 3.34. The van der Waals surface area contributed by atoms with Crippen LogP contribution in [0.15, 0.2) is 24.3 Å². The summed E-state index contributed by atoms with van der Waals surface area (Å²) in [4.78, 5) is 0. The minimum atomic E-state index is 0.388. The van der Waals surface area contributed by atoms with Crippen LogP contribution in [0.2, 0.25) is 0 Å². The summed E-state index contributed by atoms with van der Waals surface area (Å²) in [6, 6.07) is 9.50. The Balaban J connectivity index is 1.97. The Labute approximate surface area is 117 Å². The van der Waals surface area contributed by atoms with Crippen molar-refractivity contribution in [1.29, 1.82) is 0 Å². The van der Waals surface area contributed by atoms with Crippen molar-refractivity contribution in [2.75, 3.05) is 13.2 Å². The number of benzene rings is 1. The van der Waals surface area contributed by atoms with Gasteiger partial charge in [0, 0.05) is 12.6 Å². The molecular weight excluding hydrogens is 234 g/mol. The highest BCUT2D eigenvalue weighted by molar-refractivity contribution is 5.23. The van der Waals surface area contributed by atoms with Gasteiger partial charge in [-0.05, 0) is 49.8 Å². The van der Waals surface area contributed by atoms with E-state index in [1.165, 1.54) is 30.4 Å². The van der Waals surface area contributed by atoms with Gasteiger partial charge >= 0.3 is 0 Å². The van der Waals surface area contributed by atoms with Crippen LogP contribution in [0.1, 0.15) is 44.2 Å². The van der Waals surface area contributed by atoms with Gasteiger partial charge in [-0.3, -0.25) is 0 Å². The van der Waals surface area contributed by atoms with Crippen molar-refractivity contribution in [3.05, 3.63) is 35.4 Å². The zero-order chi connectivity index (χ0) is 13.5. The molecule has 1 fully saturated rings. The molecule has 0 aromatic heterocycles. The molecule has 1 N–H and O–H groups in total. The predicted molar refractivity (Wildman–Crippen MR) is 80.6 cm³/mol. The summed E-state index contributed by atoms with van der Waals surface area (Å²) >= 11 is 0. The van der Waals surface area contributed by atoms with E-state index in [4.69, 9.17) is 4.74 Å². The molecule has 2 nitrogen and oxygen atoms in total. The molecule has 0 saturated carbocycles. The Kier molecular flexibility index (Phi) is 5.87. The van der Waals surface area contributed by atoms with E-state index in [0.29, 0.717) is 12.1 Å². The molecule has 2 heteroatoms. The van der Waals surface area contributed by atoms with Gasteiger partial charge in [-0.1, -0.05) is 38.1 Å². The van der Waals surface area contributed by atoms with Gasteiger partial charge in [0.25, 0.3) is 0 Å². The lowest BCUT2D eigenvalue weighted by atomic mass is 9.95. The largest absolute Gasteiger partial charge is 0.377 e. The van der Waals surface area contributed by atoms with E-state index in [1.807, 2.05) is 0 Å². The van der Waals surface area contributed by atoms with Crippen LogP contribution < -0.4 is 5.32 Å². The smallest absolute Gasteiger partial charge is 0.0731 e. The fourth-order valence-corrected chi connectivity index (χ4v) is 2.85. The molecule has 106 valence electrons. The first-order chi connectivity index (χ1) is 9.33. The number of likely N-dealkylation sites (N-methyl/N-ethyl adjacent to an activating group) is 1. The molecule has 1 aromatic carbocycles. The van der Waals surface area contributed by atoms with E-state index in [2.05, 4.69) is 43.4 Å². The third-order valence-corrected chi connectivity index (χ3v) is 4.02. The molecule has 1 aliphatic heterocycles. The number of hydrogen-bond donors (Lipinski definition) is 1. The molecule has 0 radical (unpaired) electrons. The third-order valence-electron chi connectivity index (χ3n) is 4.02. The summed E-state index contributed by atoms with van der Waals surface area (Å²) in [5, 5.41) is 3.60. The molecular formula is C17H27NO. The molecule has 0 bridgehead atoms. The van der Waals surface area contributed by atoms with E-state index in [1.54, 1.807) is 0 Å². The maximum absolute atomic E-state index is 5.95. The summed E-state index contributed by atoms with van der Waals surface area (Å²) in [5.41, 5.74) is 2.83. The maximum Gasteiger partial charge on any atom is 0.0731 e. The standard InChI is InChI=1S/C17H27NO/c1-3-14-8-10-15(11-9-14)13-16(18-4-2)17-7-5-6-12-19-17/h8-11,16-18H,3-7,12-13H2,1-2H3. The first-order valence-corrected chi connectivity index (χ1v) is 7.76. The molecule has 1 saturated heterocycles. The van der Waals surface area contributed by atoms with Gasteiger partial charge in [-0.15, -0.1) is 0 Å². The zero-order valence-electron chi connectivity index (χ0n) is 12.3. The van der Waals surface area contributed by atoms with E-state index >= 15 is 0 Å². The average molecular weight is 261 g/mol. The summed E-state index contributed by atoms with van der Waals surface area (Å²) in [7, 11) is 0. The second kappa shape index (κ2) is 7.66. The van der Waals surface area contributed by atoms with Crippen molar-refractivity contribution >= 4 is 0 Å². The fraction of sp³-hybridized carbons (Fsp3) is 0.647. The lowest BCUT2D eigenvalue weighted by molar-refractivity contribution is -0.00709. The third kappa shape index (κ3) is 4.32. The summed E-state index contributed by atoms with van der Waals surface area (Å²) in [6.07, 6.45) is 6.30. The maximum atomic E-state index is 5.95. The minimum absolute atomic E-state index is 0.388. The Morgan fingerprint density at radius 3 is 2.47 bits per heavy atom. The Hall–Kier alpha value is -0.860. The van der Waals surface area contributed by atoms with Crippen molar-refractivity contribution < 1.29 is 4.74 Å². The zero-order valence-corrected chi connectivity index (χ0v) is 12.3. The lowest BCUT2D eigenvalue weighted by Gasteiger charge is -2.31. The van der Waals surface area contributed by atoms with Gasteiger partial charge in [0.05, 0.1) is 6.10 Å². The highest BCUT2D eigenvalue weighted by Crippen LogP contribution is 2.19. The van der Waals surface area contributed by atoms with Crippen LogP contribution in [0.3, 0.4) is 0 Å². The summed E-state index contributed by atoms with van der Waals surface area (Å²) in [5.74, 6) is 0. The highest BCUT2D eigenvalue weighted by atomic mass is 16.5. The molecule has 0 aliphatic carbocycles. The van der Waals surface area contributed by atoms with Crippen molar-refractivity contribution in [3.63, 3.8) is 0 Å². The molecule has 0 amide bonds. The molecule has 2 atom stereocenters. The van der Waals surface area contributed by atoms with E-state index < -0.39 is 0 Å². The Morgan fingerprint density at radius 2 is 1.89 bits per heavy atom. The highest BCUT2D eigenvalue weighted by Gasteiger charge is 2.23. The van der Waals surface area contributed by atoms with Gasteiger partial charge < -0.3 is 10.1 Å². The van der Waals surface area contributed by atoms with Gasteiger partial charge in [0.2, 0.25) is 0 Å². The van der Waals surface area contributed by atoms with Crippen molar-refractivity contribution in [2.45, 2.75) is 58.1 Å². The lowest BCUT2D eigenvalue weighted by Crippen LogP contribution is -2.44. The summed E-state index contributed by atoms with van der Waals surface area (Å²) < 4.78 is 5.95. The molecule has 19 heavy (non-hydrogen) atoms. The van der Waals surface area contributed by atoms with Crippen molar-refractivity contribution in [3.8, 4) is 0 Å².